The lowest BCUT2D eigenvalue weighted by Gasteiger charge is -2.09. The van der Waals surface area contributed by atoms with Crippen molar-refractivity contribution in [3.63, 3.8) is 0 Å². The first-order valence-corrected chi connectivity index (χ1v) is 7.51. The summed E-state index contributed by atoms with van der Waals surface area (Å²) in [5, 5.41) is 3.37. The van der Waals surface area contributed by atoms with Gasteiger partial charge in [0.05, 0.1) is 12.8 Å². The Balaban J connectivity index is 1.89. The van der Waals surface area contributed by atoms with Crippen LogP contribution in [0.15, 0.2) is 24.3 Å². The Hall–Kier alpha value is -1.94. The topological polar surface area (TPSA) is 47.0 Å². The molecular formula is C17H21N3O. The van der Waals surface area contributed by atoms with E-state index >= 15 is 0 Å². The molecule has 0 fully saturated rings. The quantitative estimate of drug-likeness (QED) is 0.916. The number of benzene rings is 1. The van der Waals surface area contributed by atoms with Gasteiger partial charge in [-0.25, -0.2) is 9.97 Å². The molecule has 1 aromatic carbocycles. The average molecular weight is 283 g/mol. The van der Waals surface area contributed by atoms with E-state index in [1.54, 1.807) is 7.11 Å². The van der Waals surface area contributed by atoms with Crippen LogP contribution in [0.5, 0.6) is 5.75 Å². The van der Waals surface area contributed by atoms with Crippen LogP contribution in [0.2, 0.25) is 0 Å². The molecule has 0 saturated heterocycles. The predicted octanol–water partition coefficient (Wildman–Crippen LogP) is 2.63. The Bertz CT molecular complexity index is 640. The van der Waals surface area contributed by atoms with E-state index in [1.165, 1.54) is 22.5 Å². The summed E-state index contributed by atoms with van der Waals surface area (Å²) in [6.45, 7) is 3.96. The Morgan fingerprint density at radius 2 is 2.14 bits per heavy atom. The summed E-state index contributed by atoms with van der Waals surface area (Å²) in [7, 11) is 1.69. The van der Waals surface area contributed by atoms with Crippen LogP contribution in [0.25, 0.3) is 0 Å². The summed E-state index contributed by atoms with van der Waals surface area (Å²) in [5.74, 6) is 1.79. The van der Waals surface area contributed by atoms with Crippen molar-refractivity contribution in [2.45, 2.75) is 39.3 Å². The maximum Gasteiger partial charge on any atom is 0.133 e. The fourth-order valence-corrected chi connectivity index (χ4v) is 2.78. The van der Waals surface area contributed by atoms with Gasteiger partial charge in [0.25, 0.3) is 0 Å². The van der Waals surface area contributed by atoms with Crippen molar-refractivity contribution in [1.82, 2.24) is 15.3 Å². The lowest BCUT2D eigenvalue weighted by atomic mass is 10.1. The largest absolute Gasteiger partial charge is 0.497 e. The van der Waals surface area contributed by atoms with Gasteiger partial charge in [-0.3, -0.25) is 0 Å². The summed E-state index contributed by atoms with van der Waals surface area (Å²) in [6.07, 6.45) is 2.89. The van der Waals surface area contributed by atoms with Crippen LogP contribution in [-0.2, 0) is 25.9 Å². The lowest BCUT2D eigenvalue weighted by molar-refractivity contribution is 0.414. The maximum atomic E-state index is 5.28. The van der Waals surface area contributed by atoms with Crippen LogP contribution >= 0.6 is 0 Å². The highest BCUT2D eigenvalue weighted by molar-refractivity contribution is 5.33. The van der Waals surface area contributed by atoms with Gasteiger partial charge in [-0.15, -0.1) is 0 Å². The predicted molar refractivity (Wildman–Crippen MR) is 82.4 cm³/mol. The third kappa shape index (κ3) is 3.05. The van der Waals surface area contributed by atoms with Crippen LogP contribution in [0.4, 0.5) is 0 Å². The molecule has 0 aliphatic carbocycles. The van der Waals surface area contributed by atoms with Gasteiger partial charge >= 0.3 is 0 Å². The van der Waals surface area contributed by atoms with Crippen molar-refractivity contribution in [1.29, 1.82) is 0 Å². The molecule has 0 amide bonds. The normalized spacial score (nSPS) is 13.2. The number of hydrogen-bond acceptors (Lipinski definition) is 4. The zero-order chi connectivity index (χ0) is 14.7. The first kappa shape index (κ1) is 14.0. The molecule has 0 unspecified atom stereocenters. The number of aromatic nitrogens is 2. The van der Waals surface area contributed by atoms with Crippen LogP contribution in [0, 0.1) is 0 Å². The number of nitrogens with one attached hydrogen (secondary N) is 1. The lowest BCUT2D eigenvalue weighted by Crippen LogP contribution is -2.06. The number of hydrogen-bond donors (Lipinski definition) is 1. The average Bonchev–Trinajstić information content (AvgIpc) is 2.96. The number of aryl methyl sites for hydroxylation is 1. The van der Waals surface area contributed by atoms with E-state index < -0.39 is 0 Å². The van der Waals surface area contributed by atoms with Crippen molar-refractivity contribution in [3.8, 4) is 5.75 Å². The Labute approximate surface area is 125 Å². The van der Waals surface area contributed by atoms with Crippen molar-refractivity contribution >= 4 is 0 Å². The second kappa shape index (κ2) is 6.22. The van der Waals surface area contributed by atoms with E-state index in [4.69, 9.17) is 14.7 Å². The van der Waals surface area contributed by atoms with Crippen LogP contribution in [-0.4, -0.2) is 17.1 Å². The highest BCUT2D eigenvalue weighted by Gasteiger charge is 2.18. The van der Waals surface area contributed by atoms with Crippen molar-refractivity contribution in [2.24, 2.45) is 0 Å². The molecule has 0 atom stereocenters. The smallest absolute Gasteiger partial charge is 0.133 e. The molecule has 1 aliphatic rings. The molecule has 1 aliphatic heterocycles. The fraction of sp³-hybridized carbons (Fsp3) is 0.412. The molecule has 1 N–H and O–H groups in total. The summed E-state index contributed by atoms with van der Waals surface area (Å²) in [5.41, 5.74) is 4.88. The minimum atomic E-state index is 0.751. The Kier molecular flexibility index (Phi) is 4.15. The standard InChI is InChI=1S/C17H21N3O/c1-3-5-15-14-10-18-11-16(14)20-17(19-15)9-12-6-4-7-13(8-12)21-2/h4,6-8,18H,3,5,9-11H2,1-2H3. The Morgan fingerprint density at radius 1 is 1.24 bits per heavy atom. The number of fused-ring (bicyclic) bond motifs is 1. The van der Waals surface area contributed by atoms with Gasteiger partial charge in [0.2, 0.25) is 0 Å². The molecule has 0 radical (unpaired) electrons. The summed E-state index contributed by atoms with van der Waals surface area (Å²) >= 11 is 0. The maximum absolute atomic E-state index is 5.28. The SMILES string of the molecule is CCCc1nc(Cc2cccc(OC)c2)nc2c1CNC2. The monoisotopic (exact) mass is 283 g/mol. The summed E-state index contributed by atoms with van der Waals surface area (Å²) in [4.78, 5) is 9.53. The van der Waals surface area contributed by atoms with Gasteiger partial charge in [-0.2, -0.15) is 0 Å². The van der Waals surface area contributed by atoms with E-state index in [0.717, 1.165) is 43.9 Å². The summed E-state index contributed by atoms with van der Waals surface area (Å²) in [6, 6.07) is 8.11. The second-order valence-corrected chi connectivity index (χ2v) is 5.39. The van der Waals surface area contributed by atoms with E-state index in [9.17, 15) is 0 Å². The third-order valence-electron chi connectivity index (χ3n) is 3.80. The number of rotatable bonds is 5. The third-order valence-corrected chi connectivity index (χ3v) is 3.80. The zero-order valence-corrected chi connectivity index (χ0v) is 12.6. The summed E-state index contributed by atoms with van der Waals surface area (Å²) < 4.78 is 5.28. The molecule has 0 spiro atoms. The minimum Gasteiger partial charge on any atom is -0.497 e. The molecule has 2 heterocycles. The number of ether oxygens (including phenoxy) is 1. The molecule has 2 aromatic rings. The highest BCUT2D eigenvalue weighted by Crippen LogP contribution is 2.20. The molecule has 3 rings (SSSR count). The van der Waals surface area contributed by atoms with E-state index in [0.29, 0.717) is 0 Å². The number of methoxy groups -OCH3 is 1. The zero-order valence-electron chi connectivity index (χ0n) is 12.6. The first-order chi connectivity index (χ1) is 10.3. The molecule has 0 bridgehead atoms. The van der Waals surface area contributed by atoms with Gasteiger partial charge < -0.3 is 10.1 Å². The molecule has 4 nitrogen and oxygen atoms in total. The van der Waals surface area contributed by atoms with Gasteiger partial charge in [-0.1, -0.05) is 25.5 Å². The highest BCUT2D eigenvalue weighted by atomic mass is 16.5. The minimum absolute atomic E-state index is 0.751. The first-order valence-electron chi connectivity index (χ1n) is 7.51. The molecule has 0 saturated carbocycles. The van der Waals surface area contributed by atoms with E-state index in [-0.39, 0.29) is 0 Å². The van der Waals surface area contributed by atoms with Crippen LogP contribution < -0.4 is 10.1 Å². The van der Waals surface area contributed by atoms with Gasteiger partial charge in [0.1, 0.15) is 11.6 Å². The number of nitrogens with zero attached hydrogens (tertiary/aromatic N) is 2. The van der Waals surface area contributed by atoms with Crippen LogP contribution in [0.1, 0.15) is 41.7 Å². The molecule has 1 aromatic heterocycles. The van der Waals surface area contributed by atoms with E-state index in [1.807, 2.05) is 18.2 Å². The van der Waals surface area contributed by atoms with Crippen molar-refractivity contribution in [3.05, 3.63) is 52.6 Å². The molecule has 4 heteroatoms. The van der Waals surface area contributed by atoms with Crippen LogP contribution in [0.3, 0.4) is 0 Å². The van der Waals surface area contributed by atoms with Gasteiger partial charge in [0.15, 0.2) is 0 Å². The van der Waals surface area contributed by atoms with Crippen molar-refractivity contribution in [2.75, 3.05) is 7.11 Å². The van der Waals surface area contributed by atoms with E-state index in [2.05, 4.69) is 18.3 Å². The fourth-order valence-electron chi connectivity index (χ4n) is 2.78. The molecular weight excluding hydrogens is 262 g/mol. The molecule has 110 valence electrons. The Morgan fingerprint density at radius 3 is 2.95 bits per heavy atom. The van der Waals surface area contributed by atoms with Gasteiger partial charge in [0, 0.05) is 30.8 Å². The van der Waals surface area contributed by atoms with Gasteiger partial charge in [-0.05, 0) is 24.1 Å². The second-order valence-electron chi connectivity index (χ2n) is 5.39. The van der Waals surface area contributed by atoms with Crippen molar-refractivity contribution < 1.29 is 4.74 Å². The molecule has 21 heavy (non-hydrogen) atoms.